The third-order valence-corrected chi connectivity index (χ3v) is 19.2. The first-order chi connectivity index (χ1) is 44.1. The summed E-state index contributed by atoms with van der Waals surface area (Å²) in [5.74, 6) is 0. The smallest absolute Gasteiger partial charge is 0.143 e. The van der Waals surface area contributed by atoms with Crippen molar-refractivity contribution in [2.45, 2.75) is 105 Å². The molecule has 0 aliphatic carbocycles. The number of para-hydroxylation sites is 4. The molecule has 0 saturated heterocycles. The fraction of sp³-hybridized carbons (Fsp3) is 0.186. The molecule has 0 aliphatic heterocycles. The van der Waals surface area contributed by atoms with Crippen LogP contribution in [0.15, 0.2) is 251 Å². The van der Waals surface area contributed by atoms with Crippen molar-refractivity contribution < 1.29 is 8.83 Å². The van der Waals surface area contributed by atoms with Gasteiger partial charge >= 0.3 is 0 Å². The lowest BCUT2D eigenvalue weighted by molar-refractivity contribution is 0.567. The Hall–Kier alpha value is -10.3. The molecule has 0 fully saturated rings. The molecule has 0 radical (unpaired) electrons. The minimum absolute atomic E-state index is 0.0372. The Morgan fingerprint density at radius 1 is 0.239 bits per heavy atom. The van der Waals surface area contributed by atoms with Gasteiger partial charge in [-0.1, -0.05) is 180 Å². The maximum atomic E-state index is 7.11. The SMILES string of the molecule is CC(C)(C)c1cc(-n2c3ccccc3c3ccc(N(c4ccccc4)c4ccc5c(c4)oc4c5ccc5c4ccc4c6ccc(N(c7ccccc7)c7ccc8c9ccccc9n(-c9cc(C(C)(C)C)cc(C(C)(C)C)c9)c8c7)cc6oc45)cc32)cc(C(C)(C)C)c1. The second-order valence-electron chi connectivity index (χ2n) is 29.5. The quantitative estimate of drug-likeness (QED) is 0.152. The van der Waals surface area contributed by atoms with Crippen molar-refractivity contribution in [1.29, 1.82) is 0 Å². The van der Waals surface area contributed by atoms with E-state index < -0.39 is 0 Å². The number of hydrogen-bond donors (Lipinski definition) is 0. The van der Waals surface area contributed by atoms with E-state index in [-0.39, 0.29) is 21.7 Å². The average molecular weight is 1200 g/mol. The molecular formula is C86H76N4O2. The molecule has 4 heterocycles. The van der Waals surface area contributed by atoms with Crippen LogP contribution in [0.5, 0.6) is 0 Å². The summed E-state index contributed by atoms with van der Waals surface area (Å²) >= 11 is 0. The van der Waals surface area contributed by atoms with Crippen molar-refractivity contribution in [3.8, 4) is 11.4 Å². The first-order valence-electron chi connectivity index (χ1n) is 32.5. The summed E-state index contributed by atoms with van der Waals surface area (Å²) in [5.41, 5.74) is 21.7. The molecule has 16 rings (SSSR count). The highest BCUT2D eigenvalue weighted by Gasteiger charge is 2.28. The van der Waals surface area contributed by atoms with E-state index in [2.05, 4.69) is 345 Å². The van der Waals surface area contributed by atoms with Gasteiger partial charge in [-0.3, -0.25) is 0 Å². The van der Waals surface area contributed by atoms with Crippen LogP contribution < -0.4 is 9.80 Å². The normalized spacial score (nSPS) is 12.8. The zero-order valence-electron chi connectivity index (χ0n) is 54.7. The predicted molar refractivity (Wildman–Crippen MR) is 391 cm³/mol. The lowest BCUT2D eigenvalue weighted by atomic mass is 9.80. The first-order valence-corrected chi connectivity index (χ1v) is 32.5. The van der Waals surface area contributed by atoms with Gasteiger partial charge in [-0.25, -0.2) is 0 Å². The van der Waals surface area contributed by atoms with Crippen molar-refractivity contribution in [2.24, 2.45) is 0 Å². The van der Waals surface area contributed by atoms with Crippen LogP contribution >= 0.6 is 0 Å². The molecule has 0 saturated carbocycles. The van der Waals surface area contributed by atoms with Crippen molar-refractivity contribution in [3.05, 3.63) is 265 Å². The Morgan fingerprint density at radius 3 is 0.870 bits per heavy atom. The van der Waals surface area contributed by atoms with Crippen molar-refractivity contribution in [1.82, 2.24) is 9.13 Å². The Kier molecular flexibility index (Phi) is 12.7. The van der Waals surface area contributed by atoms with Crippen LogP contribution in [0.1, 0.15) is 105 Å². The molecule has 0 aliphatic rings. The molecule has 12 aromatic carbocycles. The molecule has 6 nitrogen and oxygen atoms in total. The fourth-order valence-corrected chi connectivity index (χ4v) is 14.1. The molecule has 0 atom stereocenters. The minimum Gasteiger partial charge on any atom is -0.455 e. The Balaban J connectivity index is 0.808. The number of furan rings is 2. The highest BCUT2D eigenvalue weighted by atomic mass is 16.3. The average Bonchev–Trinajstić information content (AvgIpc) is 1.59. The standard InChI is InChI=1S/C86H76N4O2/c1-83(2,3)53-43-54(84(4,5)6)46-63(45-53)89-75-29-21-19-27-65(75)67-35-31-59(49-77(67)89)87(57-23-15-13-16-24-57)61-33-37-69-71-39-41-74-73(81(71)91-79(69)51-61)42-40-72-70-38-34-62(52-80(70)92-82(72)74)88(58-25-17-14-18-26-58)60-32-36-68-66-28-20-22-30-76(66)90(78(68)50-60)64-47-55(85(7,8)9)44-56(48-64)86(10,11)12/h13-52H,1-12H3. The second-order valence-corrected chi connectivity index (χ2v) is 29.5. The summed E-state index contributed by atoms with van der Waals surface area (Å²) in [7, 11) is 0. The van der Waals surface area contributed by atoms with E-state index in [1.165, 1.54) is 66.2 Å². The zero-order valence-corrected chi connectivity index (χ0v) is 54.7. The molecule has 0 amide bonds. The van der Waals surface area contributed by atoms with Crippen molar-refractivity contribution in [2.75, 3.05) is 9.80 Å². The summed E-state index contributed by atoms with van der Waals surface area (Å²) in [5, 5.41) is 11.1. The minimum atomic E-state index is -0.0372. The topological polar surface area (TPSA) is 42.6 Å². The zero-order chi connectivity index (χ0) is 63.3. The van der Waals surface area contributed by atoms with Gasteiger partial charge in [-0.05, 0) is 177 Å². The number of benzene rings is 12. The van der Waals surface area contributed by atoms with E-state index in [1.54, 1.807) is 0 Å². The molecule has 452 valence electrons. The Labute approximate surface area is 538 Å². The van der Waals surface area contributed by atoms with E-state index in [0.717, 1.165) is 99.8 Å². The monoisotopic (exact) mass is 1200 g/mol. The Bertz CT molecular complexity index is 5210. The van der Waals surface area contributed by atoms with Gasteiger partial charge in [-0.15, -0.1) is 0 Å². The van der Waals surface area contributed by atoms with Crippen LogP contribution in [-0.4, -0.2) is 9.13 Å². The molecule has 92 heavy (non-hydrogen) atoms. The van der Waals surface area contributed by atoms with E-state index in [9.17, 15) is 0 Å². The molecule has 16 aromatic rings. The summed E-state index contributed by atoms with van der Waals surface area (Å²) in [6.07, 6.45) is 0. The maximum absolute atomic E-state index is 7.11. The third-order valence-electron chi connectivity index (χ3n) is 19.2. The summed E-state index contributed by atoms with van der Waals surface area (Å²) in [6.45, 7) is 27.8. The van der Waals surface area contributed by atoms with Crippen LogP contribution in [-0.2, 0) is 21.7 Å². The molecule has 6 heteroatoms. The summed E-state index contributed by atoms with van der Waals surface area (Å²) in [4.78, 5) is 4.72. The fourth-order valence-electron chi connectivity index (χ4n) is 14.1. The summed E-state index contributed by atoms with van der Waals surface area (Å²) in [6, 6.07) is 89.5. The van der Waals surface area contributed by atoms with Gasteiger partial charge in [-0.2, -0.15) is 0 Å². The number of anilines is 6. The first kappa shape index (κ1) is 56.9. The number of nitrogens with zero attached hydrogens (tertiary/aromatic N) is 4. The molecular weight excluding hydrogens is 1120 g/mol. The maximum Gasteiger partial charge on any atom is 0.143 e. The van der Waals surface area contributed by atoms with Gasteiger partial charge in [0, 0.05) is 111 Å². The van der Waals surface area contributed by atoms with Gasteiger partial charge in [0.25, 0.3) is 0 Å². The van der Waals surface area contributed by atoms with Gasteiger partial charge in [0.15, 0.2) is 0 Å². The van der Waals surface area contributed by atoms with Gasteiger partial charge < -0.3 is 27.8 Å². The lowest BCUT2D eigenvalue weighted by Gasteiger charge is -2.27. The molecule has 0 N–H and O–H groups in total. The molecule has 0 unspecified atom stereocenters. The highest BCUT2D eigenvalue weighted by molar-refractivity contribution is 6.23. The van der Waals surface area contributed by atoms with E-state index >= 15 is 0 Å². The van der Waals surface area contributed by atoms with Gasteiger partial charge in [0.05, 0.1) is 22.1 Å². The van der Waals surface area contributed by atoms with E-state index in [1.807, 2.05) is 0 Å². The van der Waals surface area contributed by atoms with Gasteiger partial charge in [0.1, 0.15) is 22.3 Å². The second kappa shape index (κ2) is 20.6. The number of rotatable bonds is 8. The van der Waals surface area contributed by atoms with Crippen LogP contribution in [0, 0.1) is 0 Å². The number of aromatic nitrogens is 2. The van der Waals surface area contributed by atoms with Gasteiger partial charge in [0.2, 0.25) is 0 Å². The van der Waals surface area contributed by atoms with Crippen molar-refractivity contribution >= 4 is 132 Å². The highest BCUT2D eigenvalue weighted by Crippen LogP contribution is 2.47. The van der Waals surface area contributed by atoms with E-state index in [0.29, 0.717) is 0 Å². The molecule has 0 spiro atoms. The van der Waals surface area contributed by atoms with Crippen molar-refractivity contribution in [3.63, 3.8) is 0 Å². The predicted octanol–water partition coefficient (Wildman–Crippen LogP) is 25.0. The summed E-state index contributed by atoms with van der Waals surface area (Å²) < 4.78 is 19.2. The Morgan fingerprint density at radius 2 is 0.522 bits per heavy atom. The molecule has 4 aromatic heterocycles. The van der Waals surface area contributed by atoms with Crippen LogP contribution in [0.2, 0.25) is 0 Å². The number of hydrogen-bond acceptors (Lipinski definition) is 4. The van der Waals surface area contributed by atoms with Crippen LogP contribution in [0.25, 0.3) is 110 Å². The van der Waals surface area contributed by atoms with E-state index in [4.69, 9.17) is 8.83 Å². The lowest BCUT2D eigenvalue weighted by Crippen LogP contribution is -2.17. The largest absolute Gasteiger partial charge is 0.455 e. The van der Waals surface area contributed by atoms with Crippen LogP contribution in [0.4, 0.5) is 34.1 Å². The molecule has 0 bridgehead atoms. The number of fused-ring (bicyclic) bond motifs is 15. The third kappa shape index (κ3) is 9.36. The van der Waals surface area contributed by atoms with Crippen LogP contribution in [0.3, 0.4) is 0 Å².